The molecule has 0 amide bonds. The molecule has 0 aliphatic carbocycles. The van der Waals surface area contributed by atoms with Gasteiger partial charge in [0.1, 0.15) is 28.4 Å². The first-order valence-corrected chi connectivity index (χ1v) is 13.6. The van der Waals surface area contributed by atoms with Gasteiger partial charge in [-0.25, -0.2) is 0 Å². The van der Waals surface area contributed by atoms with E-state index in [4.69, 9.17) is 8.83 Å². The quantitative estimate of drug-likeness (QED) is 0.225. The number of benzene rings is 6. The van der Waals surface area contributed by atoms with Crippen LogP contribution in [0.25, 0.3) is 77.3 Å². The first-order valence-electron chi connectivity index (χ1n) is 13.6. The molecule has 2 aromatic heterocycles. The molecule has 0 radical (unpaired) electrons. The van der Waals surface area contributed by atoms with Crippen LogP contribution in [0.1, 0.15) is 11.1 Å². The fourth-order valence-corrected chi connectivity index (χ4v) is 6.03. The second kappa shape index (κ2) is 9.24. The highest BCUT2D eigenvalue weighted by Gasteiger charge is 2.21. The Labute approximate surface area is 240 Å². The standard InChI is InChI=1S/C38H20N2O2/c39-21-24-8-1-2-9-26(24)31-19-25(23-16-17-37-33(18-23)28-11-4-5-14-35(28)41-37)20-32(34(31)22-40)30-13-7-12-29-27-10-3-6-15-36(27)42-38(29)30/h1-20H. The lowest BCUT2D eigenvalue weighted by Gasteiger charge is -2.15. The van der Waals surface area contributed by atoms with E-state index in [0.29, 0.717) is 22.3 Å². The van der Waals surface area contributed by atoms with E-state index in [-0.39, 0.29) is 0 Å². The molecule has 0 spiro atoms. The molecule has 42 heavy (non-hydrogen) atoms. The minimum Gasteiger partial charge on any atom is -0.456 e. The molecule has 8 rings (SSSR count). The van der Waals surface area contributed by atoms with Crippen LogP contribution >= 0.6 is 0 Å². The molecule has 0 saturated carbocycles. The van der Waals surface area contributed by atoms with Crippen LogP contribution in [0.2, 0.25) is 0 Å². The second-order valence-electron chi connectivity index (χ2n) is 10.3. The topological polar surface area (TPSA) is 73.9 Å². The van der Waals surface area contributed by atoms with Crippen molar-refractivity contribution in [1.29, 1.82) is 10.5 Å². The molecule has 0 aliphatic rings. The van der Waals surface area contributed by atoms with Gasteiger partial charge in [0.05, 0.1) is 17.2 Å². The summed E-state index contributed by atoms with van der Waals surface area (Å²) in [6.07, 6.45) is 0. The summed E-state index contributed by atoms with van der Waals surface area (Å²) in [7, 11) is 0. The minimum absolute atomic E-state index is 0.490. The Morgan fingerprint density at radius 2 is 1.05 bits per heavy atom. The Morgan fingerprint density at radius 3 is 1.83 bits per heavy atom. The van der Waals surface area contributed by atoms with E-state index in [2.05, 4.69) is 30.3 Å². The van der Waals surface area contributed by atoms with Gasteiger partial charge < -0.3 is 8.83 Å². The Hall–Kier alpha value is -6.10. The van der Waals surface area contributed by atoms with E-state index in [0.717, 1.165) is 66.1 Å². The maximum Gasteiger partial charge on any atom is 0.143 e. The molecular formula is C38H20N2O2. The summed E-state index contributed by atoms with van der Waals surface area (Å²) in [5.74, 6) is 0. The normalized spacial score (nSPS) is 11.3. The smallest absolute Gasteiger partial charge is 0.143 e. The largest absolute Gasteiger partial charge is 0.456 e. The molecule has 194 valence electrons. The zero-order chi connectivity index (χ0) is 28.2. The maximum absolute atomic E-state index is 10.6. The SMILES string of the molecule is N#Cc1ccccc1-c1cc(-c2ccc3oc4ccccc4c3c2)cc(-c2cccc3c2oc2ccccc23)c1C#N. The third-order valence-electron chi connectivity index (χ3n) is 7.99. The van der Waals surface area contributed by atoms with Crippen molar-refractivity contribution in [3.63, 3.8) is 0 Å². The Bertz CT molecular complexity index is 2450. The van der Waals surface area contributed by atoms with Crippen molar-refractivity contribution in [3.8, 4) is 45.5 Å². The number of furan rings is 2. The lowest BCUT2D eigenvalue weighted by molar-refractivity contribution is 0.669. The van der Waals surface area contributed by atoms with Gasteiger partial charge in [-0.3, -0.25) is 0 Å². The van der Waals surface area contributed by atoms with Crippen molar-refractivity contribution in [2.24, 2.45) is 0 Å². The van der Waals surface area contributed by atoms with Crippen molar-refractivity contribution < 1.29 is 8.83 Å². The van der Waals surface area contributed by atoms with Crippen LogP contribution in [-0.4, -0.2) is 0 Å². The highest BCUT2D eigenvalue weighted by Crippen LogP contribution is 2.43. The van der Waals surface area contributed by atoms with E-state index in [1.807, 2.05) is 97.1 Å². The van der Waals surface area contributed by atoms with Crippen LogP contribution < -0.4 is 0 Å². The molecule has 6 aromatic carbocycles. The Kier molecular flexibility index (Phi) is 5.22. The van der Waals surface area contributed by atoms with Gasteiger partial charge in [-0.1, -0.05) is 78.9 Å². The molecule has 4 nitrogen and oxygen atoms in total. The zero-order valence-corrected chi connectivity index (χ0v) is 22.3. The van der Waals surface area contributed by atoms with Gasteiger partial charge in [-0.05, 0) is 53.6 Å². The highest BCUT2D eigenvalue weighted by atomic mass is 16.3. The number of rotatable bonds is 3. The first kappa shape index (κ1) is 23.8. The van der Waals surface area contributed by atoms with Crippen molar-refractivity contribution in [1.82, 2.24) is 0 Å². The number of hydrogen-bond donors (Lipinski definition) is 0. The number of fused-ring (bicyclic) bond motifs is 6. The third-order valence-corrected chi connectivity index (χ3v) is 7.99. The summed E-state index contributed by atoms with van der Waals surface area (Å²) in [5, 5.41) is 24.7. The van der Waals surface area contributed by atoms with E-state index < -0.39 is 0 Å². The summed E-state index contributed by atoms with van der Waals surface area (Å²) in [5.41, 5.74) is 9.07. The molecule has 2 heterocycles. The van der Waals surface area contributed by atoms with Crippen molar-refractivity contribution >= 4 is 43.9 Å². The third kappa shape index (κ3) is 3.53. The molecule has 0 N–H and O–H groups in total. The lowest BCUT2D eigenvalue weighted by Crippen LogP contribution is -1.95. The summed E-state index contributed by atoms with van der Waals surface area (Å²) < 4.78 is 12.5. The van der Waals surface area contributed by atoms with Crippen LogP contribution in [0.15, 0.2) is 130 Å². The van der Waals surface area contributed by atoms with E-state index in [1.54, 1.807) is 6.07 Å². The lowest BCUT2D eigenvalue weighted by atomic mass is 9.86. The van der Waals surface area contributed by atoms with Gasteiger partial charge in [0.25, 0.3) is 0 Å². The van der Waals surface area contributed by atoms with Crippen LogP contribution in [0.5, 0.6) is 0 Å². The highest BCUT2D eigenvalue weighted by molar-refractivity contribution is 6.11. The Morgan fingerprint density at radius 1 is 0.429 bits per heavy atom. The molecule has 0 saturated heterocycles. The predicted octanol–water partition coefficient (Wildman–Crippen LogP) is 10.2. The maximum atomic E-state index is 10.6. The molecule has 0 bridgehead atoms. The molecule has 0 unspecified atom stereocenters. The first-order chi connectivity index (χ1) is 20.7. The number of para-hydroxylation sites is 3. The van der Waals surface area contributed by atoms with E-state index in [9.17, 15) is 10.5 Å². The minimum atomic E-state index is 0.490. The van der Waals surface area contributed by atoms with E-state index in [1.165, 1.54) is 0 Å². The number of nitrogens with zero attached hydrogens (tertiary/aromatic N) is 2. The molecule has 0 atom stereocenters. The molecule has 8 aromatic rings. The summed E-state index contributed by atoms with van der Waals surface area (Å²) in [6.45, 7) is 0. The van der Waals surface area contributed by atoms with Gasteiger partial charge >= 0.3 is 0 Å². The van der Waals surface area contributed by atoms with Crippen molar-refractivity contribution in [2.45, 2.75) is 0 Å². The summed E-state index contributed by atoms with van der Waals surface area (Å²) in [4.78, 5) is 0. The van der Waals surface area contributed by atoms with Gasteiger partial charge in [0.15, 0.2) is 0 Å². The van der Waals surface area contributed by atoms with Crippen LogP contribution in [0.3, 0.4) is 0 Å². The van der Waals surface area contributed by atoms with E-state index >= 15 is 0 Å². The van der Waals surface area contributed by atoms with Crippen LogP contribution in [0, 0.1) is 22.7 Å². The van der Waals surface area contributed by atoms with Gasteiger partial charge in [-0.15, -0.1) is 0 Å². The summed E-state index contributed by atoms with van der Waals surface area (Å²) in [6, 6.07) is 44.5. The number of nitriles is 2. The zero-order valence-electron chi connectivity index (χ0n) is 22.3. The Balaban J connectivity index is 1.46. The predicted molar refractivity (Wildman–Crippen MR) is 167 cm³/mol. The molecule has 0 aliphatic heterocycles. The van der Waals surface area contributed by atoms with Gasteiger partial charge in [0.2, 0.25) is 0 Å². The average molecular weight is 537 g/mol. The van der Waals surface area contributed by atoms with Gasteiger partial charge in [-0.2, -0.15) is 10.5 Å². The molecular weight excluding hydrogens is 516 g/mol. The fraction of sp³-hybridized carbons (Fsp3) is 0. The van der Waals surface area contributed by atoms with Gasteiger partial charge in [0, 0.05) is 43.8 Å². The van der Waals surface area contributed by atoms with Crippen LogP contribution in [-0.2, 0) is 0 Å². The number of hydrogen-bond acceptors (Lipinski definition) is 4. The fourth-order valence-electron chi connectivity index (χ4n) is 6.03. The second-order valence-corrected chi connectivity index (χ2v) is 10.3. The molecule has 0 fully saturated rings. The van der Waals surface area contributed by atoms with Crippen molar-refractivity contribution in [3.05, 3.63) is 132 Å². The van der Waals surface area contributed by atoms with Crippen molar-refractivity contribution in [2.75, 3.05) is 0 Å². The average Bonchev–Trinajstić information content (AvgIpc) is 3.62. The van der Waals surface area contributed by atoms with Crippen LogP contribution in [0.4, 0.5) is 0 Å². The molecule has 4 heteroatoms. The summed E-state index contributed by atoms with van der Waals surface area (Å²) >= 11 is 0. The monoisotopic (exact) mass is 536 g/mol.